The number of rotatable bonds is 4. The van der Waals surface area contributed by atoms with Crippen LogP contribution in [-0.2, 0) is 0 Å². The number of benzene rings is 2. The summed E-state index contributed by atoms with van der Waals surface area (Å²) in [6, 6.07) is 12.3. The summed E-state index contributed by atoms with van der Waals surface area (Å²) >= 11 is 1.24. The van der Waals surface area contributed by atoms with E-state index in [1.165, 1.54) is 36.0 Å². The van der Waals surface area contributed by atoms with Crippen molar-refractivity contribution in [1.82, 2.24) is 0 Å². The highest BCUT2D eigenvalue weighted by Gasteiger charge is 2.09. The quantitative estimate of drug-likeness (QED) is 0.628. The molecule has 0 N–H and O–H groups in total. The maximum Gasteiger partial charge on any atom is 0.270 e. The third kappa shape index (κ3) is 3.29. The number of nitro benzene ring substituents is 2. The van der Waals surface area contributed by atoms with E-state index in [2.05, 4.69) is 0 Å². The minimum Gasteiger partial charge on any atom is -0.258 e. The molecule has 2 rings (SSSR count). The van der Waals surface area contributed by atoms with E-state index < -0.39 is 9.85 Å². The first-order valence-corrected chi connectivity index (χ1v) is 6.04. The van der Waals surface area contributed by atoms with Crippen LogP contribution in [0.15, 0.2) is 58.3 Å². The van der Waals surface area contributed by atoms with E-state index in [9.17, 15) is 20.2 Å². The molecule has 0 heterocycles. The molecular formula is C12H8N2O4S. The molecule has 0 aliphatic rings. The largest absolute Gasteiger partial charge is 0.270 e. The van der Waals surface area contributed by atoms with Gasteiger partial charge in [-0.15, -0.1) is 0 Å². The molecule has 0 radical (unpaired) electrons. The van der Waals surface area contributed by atoms with Crippen LogP contribution in [0.5, 0.6) is 0 Å². The molecule has 0 fully saturated rings. The summed E-state index contributed by atoms with van der Waals surface area (Å²) in [6.45, 7) is 0. The topological polar surface area (TPSA) is 86.3 Å². The zero-order valence-electron chi connectivity index (χ0n) is 9.55. The molecule has 0 atom stereocenters. The molecular weight excluding hydrogens is 268 g/mol. The van der Waals surface area contributed by atoms with Gasteiger partial charge in [0, 0.05) is 34.1 Å². The van der Waals surface area contributed by atoms with Gasteiger partial charge in [-0.05, 0) is 12.1 Å². The molecule has 2 aromatic rings. The first kappa shape index (κ1) is 13.0. The van der Waals surface area contributed by atoms with E-state index in [0.29, 0.717) is 9.79 Å². The normalized spacial score (nSPS) is 10.1. The summed E-state index contributed by atoms with van der Waals surface area (Å²) in [5.41, 5.74) is -0.00846. The summed E-state index contributed by atoms with van der Waals surface area (Å²) < 4.78 is 0. The second-order valence-electron chi connectivity index (χ2n) is 3.61. The lowest BCUT2D eigenvalue weighted by atomic mass is 10.3. The van der Waals surface area contributed by atoms with Crippen LogP contribution in [0.25, 0.3) is 0 Å². The van der Waals surface area contributed by atoms with E-state index in [1.54, 1.807) is 24.3 Å². The molecule has 0 amide bonds. The van der Waals surface area contributed by atoms with Crippen molar-refractivity contribution in [3.63, 3.8) is 0 Å². The summed E-state index contributed by atoms with van der Waals surface area (Å²) in [6.07, 6.45) is 0. The van der Waals surface area contributed by atoms with Gasteiger partial charge in [0.2, 0.25) is 0 Å². The van der Waals surface area contributed by atoms with Gasteiger partial charge in [0.1, 0.15) is 0 Å². The van der Waals surface area contributed by atoms with Crippen molar-refractivity contribution in [2.24, 2.45) is 0 Å². The van der Waals surface area contributed by atoms with Crippen LogP contribution in [0, 0.1) is 20.2 Å². The molecule has 7 heteroatoms. The minimum atomic E-state index is -0.475. The van der Waals surface area contributed by atoms with Gasteiger partial charge in [0.25, 0.3) is 11.4 Å². The number of nitrogens with zero attached hydrogens (tertiary/aromatic N) is 2. The van der Waals surface area contributed by atoms with Gasteiger partial charge in [-0.1, -0.05) is 23.9 Å². The average molecular weight is 276 g/mol. The Labute approximate surface area is 112 Å². The predicted molar refractivity (Wildman–Crippen MR) is 70.3 cm³/mol. The highest BCUT2D eigenvalue weighted by atomic mass is 32.2. The molecule has 96 valence electrons. The second kappa shape index (κ2) is 5.49. The maximum atomic E-state index is 10.7. The molecule has 0 bridgehead atoms. The van der Waals surface area contributed by atoms with Gasteiger partial charge in [-0.2, -0.15) is 0 Å². The van der Waals surface area contributed by atoms with Crippen molar-refractivity contribution >= 4 is 23.1 Å². The Morgan fingerprint density at radius 2 is 1.21 bits per heavy atom. The fraction of sp³-hybridized carbons (Fsp3) is 0. The van der Waals surface area contributed by atoms with Crippen molar-refractivity contribution < 1.29 is 9.85 Å². The monoisotopic (exact) mass is 276 g/mol. The number of hydrogen-bond donors (Lipinski definition) is 0. The number of hydrogen-bond acceptors (Lipinski definition) is 5. The molecule has 6 nitrogen and oxygen atoms in total. The summed E-state index contributed by atoms with van der Waals surface area (Å²) in [4.78, 5) is 21.7. The third-order valence-electron chi connectivity index (χ3n) is 2.29. The molecule has 19 heavy (non-hydrogen) atoms. The lowest BCUT2D eigenvalue weighted by Gasteiger charge is -2.01. The Morgan fingerprint density at radius 3 is 1.58 bits per heavy atom. The van der Waals surface area contributed by atoms with E-state index in [1.807, 2.05) is 0 Å². The van der Waals surface area contributed by atoms with Crippen molar-refractivity contribution in [2.45, 2.75) is 9.79 Å². The third-order valence-corrected chi connectivity index (χ3v) is 3.27. The van der Waals surface area contributed by atoms with Crippen molar-refractivity contribution in [1.29, 1.82) is 0 Å². The zero-order chi connectivity index (χ0) is 13.8. The Hall–Kier alpha value is -2.41. The molecule has 0 spiro atoms. The molecule has 0 saturated carbocycles. The minimum absolute atomic E-state index is 0.00423. The lowest BCUT2D eigenvalue weighted by Crippen LogP contribution is -1.88. The van der Waals surface area contributed by atoms with E-state index in [-0.39, 0.29) is 11.4 Å². The first-order chi connectivity index (χ1) is 9.06. The van der Waals surface area contributed by atoms with Gasteiger partial charge in [0.05, 0.1) is 9.85 Å². The smallest absolute Gasteiger partial charge is 0.258 e. The van der Waals surface area contributed by atoms with Crippen LogP contribution in [0.1, 0.15) is 0 Å². The Bertz CT molecular complexity index is 590. The lowest BCUT2D eigenvalue weighted by molar-refractivity contribution is -0.385. The Kier molecular flexibility index (Phi) is 3.76. The summed E-state index contributed by atoms with van der Waals surface area (Å²) in [7, 11) is 0. The van der Waals surface area contributed by atoms with E-state index >= 15 is 0 Å². The fourth-order valence-electron chi connectivity index (χ4n) is 1.46. The zero-order valence-corrected chi connectivity index (χ0v) is 10.4. The number of nitro groups is 2. The van der Waals surface area contributed by atoms with E-state index in [0.717, 1.165) is 0 Å². The van der Waals surface area contributed by atoms with Crippen LogP contribution < -0.4 is 0 Å². The van der Waals surface area contributed by atoms with E-state index in [4.69, 9.17) is 0 Å². The Morgan fingerprint density at radius 1 is 0.789 bits per heavy atom. The van der Waals surface area contributed by atoms with Gasteiger partial charge < -0.3 is 0 Å². The molecule has 0 saturated heterocycles. The standard InChI is InChI=1S/C12H8N2O4S/c15-13(16)9-3-1-5-11(7-9)19-12-6-2-4-10(8-12)14(17)18/h1-8H. The molecule has 0 aromatic heterocycles. The molecule has 0 aliphatic heterocycles. The van der Waals surface area contributed by atoms with Crippen LogP contribution in [-0.4, -0.2) is 9.85 Å². The van der Waals surface area contributed by atoms with Gasteiger partial charge in [-0.3, -0.25) is 20.2 Å². The number of non-ortho nitro benzene ring substituents is 2. The molecule has 0 aliphatic carbocycles. The predicted octanol–water partition coefficient (Wildman–Crippen LogP) is 3.65. The van der Waals surface area contributed by atoms with Crippen molar-refractivity contribution in [3.8, 4) is 0 Å². The second-order valence-corrected chi connectivity index (χ2v) is 4.76. The van der Waals surface area contributed by atoms with Crippen molar-refractivity contribution in [2.75, 3.05) is 0 Å². The highest BCUT2D eigenvalue weighted by Crippen LogP contribution is 2.31. The molecule has 2 aromatic carbocycles. The van der Waals surface area contributed by atoms with Crippen LogP contribution in [0.4, 0.5) is 11.4 Å². The van der Waals surface area contributed by atoms with Crippen LogP contribution in [0.2, 0.25) is 0 Å². The van der Waals surface area contributed by atoms with Crippen LogP contribution in [0.3, 0.4) is 0 Å². The maximum absolute atomic E-state index is 10.7. The summed E-state index contributed by atoms with van der Waals surface area (Å²) in [5, 5.41) is 21.3. The highest BCUT2D eigenvalue weighted by molar-refractivity contribution is 7.99. The van der Waals surface area contributed by atoms with Gasteiger partial charge in [0.15, 0.2) is 0 Å². The van der Waals surface area contributed by atoms with Gasteiger partial charge in [-0.25, -0.2) is 0 Å². The first-order valence-electron chi connectivity index (χ1n) is 5.23. The van der Waals surface area contributed by atoms with Crippen molar-refractivity contribution in [3.05, 3.63) is 68.8 Å². The SMILES string of the molecule is O=[N+]([O-])c1cccc(Sc2cccc([N+](=O)[O-])c2)c1. The summed E-state index contributed by atoms with van der Waals surface area (Å²) in [5.74, 6) is 0. The van der Waals surface area contributed by atoms with Crippen LogP contribution >= 0.6 is 11.8 Å². The Balaban J connectivity index is 2.26. The average Bonchev–Trinajstić information content (AvgIpc) is 2.39. The van der Waals surface area contributed by atoms with Gasteiger partial charge >= 0.3 is 0 Å². The molecule has 0 unspecified atom stereocenters. The fourth-order valence-corrected chi connectivity index (χ4v) is 2.38.